The molecule has 0 aromatic heterocycles. The van der Waals surface area contributed by atoms with Crippen molar-refractivity contribution in [2.45, 2.75) is 365 Å². The number of hydrogen-bond acceptors (Lipinski definition) is 39. The van der Waals surface area contributed by atoms with E-state index in [4.69, 9.17) is 85.3 Å². The van der Waals surface area contributed by atoms with Crippen LogP contribution in [0.15, 0.2) is 0 Å². The van der Waals surface area contributed by atoms with Crippen LogP contribution in [-0.4, -0.2) is 387 Å². The highest BCUT2D eigenvalue weighted by Crippen LogP contribution is 2.41. The predicted molar refractivity (Wildman–Crippen MR) is 333 cm³/mol. The normalized spacial score (nSPS) is 48.7. The number of methoxy groups -OCH3 is 1. The summed E-state index contributed by atoms with van der Waals surface area (Å²) in [6, 6.07) is 0. The van der Waals surface area contributed by atoms with Gasteiger partial charge in [-0.15, -0.1) is 0 Å². The van der Waals surface area contributed by atoms with Gasteiger partial charge in [0, 0.05) is 13.5 Å². The van der Waals surface area contributed by atoms with Gasteiger partial charge in [0.1, 0.15) is 146 Å². The molecule has 103 heavy (non-hydrogen) atoms. The van der Waals surface area contributed by atoms with E-state index in [1.807, 2.05) is 6.92 Å². The van der Waals surface area contributed by atoms with Gasteiger partial charge < -0.3 is 182 Å². The van der Waals surface area contributed by atoms with E-state index in [-0.39, 0.29) is 12.8 Å². The molecular formula is C64H110O39. The van der Waals surface area contributed by atoms with Crippen molar-refractivity contribution >= 4 is 11.9 Å². The average molecular weight is 1500 g/mol. The second-order valence-corrected chi connectivity index (χ2v) is 27.9. The summed E-state index contributed by atoms with van der Waals surface area (Å²) >= 11 is 0. The Hall–Kier alpha value is -2.46. The van der Waals surface area contributed by atoms with Gasteiger partial charge in [-0.05, 0) is 74.7 Å². The molecule has 0 amide bonds. The minimum Gasteiger partial charge on any atom is -0.456 e. The topological polar surface area (TPSA) is 585 Å². The van der Waals surface area contributed by atoms with Gasteiger partial charge >= 0.3 is 11.9 Å². The maximum absolute atomic E-state index is 14.8. The van der Waals surface area contributed by atoms with Crippen LogP contribution < -0.4 is 0 Å². The number of carbonyl (C=O) groups excluding carboxylic acids is 2. The van der Waals surface area contributed by atoms with Crippen molar-refractivity contribution in [2.24, 2.45) is 5.92 Å². The van der Waals surface area contributed by atoms with Crippen molar-refractivity contribution in [3.8, 4) is 0 Å². The zero-order chi connectivity index (χ0) is 76.1. The number of rotatable bonds is 29. The van der Waals surface area contributed by atoms with Gasteiger partial charge in [-0.25, -0.2) is 0 Å². The lowest BCUT2D eigenvalue weighted by Crippen LogP contribution is -2.69. The quantitative estimate of drug-likeness (QED) is 0.0244. The fourth-order valence-electron chi connectivity index (χ4n) is 13.5. The molecule has 0 unspecified atom stereocenters. The molecule has 0 spiro atoms. The third-order valence-corrected chi connectivity index (χ3v) is 20.3. The lowest BCUT2D eigenvalue weighted by atomic mass is 9.95. The summed E-state index contributed by atoms with van der Waals surface area (Å²) in [6.07, 6.45) is -71.9. The molecule has 8 aliphatic heterocycles. The first kappa shape index (κ1) is 86.1. The zero-order valence-corrected chi connectivity index (χ0v) is 58.9. The number of aliphatic hydroxyl groups excluding tert-OH is 19. The second kappa shape index (κ2) is 38.0. The highest BCUT2D eigenvalue weighted by Gasteiger charge is 2.61. The lowest BCUT2D eigenvalue weighted by molar-refractivity contribution is -0.415. The van der Waals surface area contributed by atoms with E-state index in [0.717, 1.165) is 0 Å². The van der Waals surface area contributed by atoms with Gasteiger partial charge in [-0.1, -0.05) is 26.2 Å². The van der Waals surface area contributed by atoms with Crippen molar-refractivity contribution in [1.29, 1.82) is 0 Å². The molecule has 0 aromatic carbocycles. The minimum atomic E-state index is -2.26. The minimum absolute atomic E-state index is 0.0539. The van der Waals surface area contributed by atoms with E-state index in [9.17, 15) is 107 Å². The summed E-state index contributed by atoms with van der Waals surface area (Å²) in [6.45, 7) is 10.7. The van der Waals surface area contributed by atoms with Crippen molar-refractivity contribution < 1.29 is 192 Å². The smallest absolute Gasteiger partial charge is 0.311 e. The van der Waals surface area contributed by atoms with Crippen molar-refractivity contribution in [3.63, 3.8) is 0 Å². The number of carbonyl (C=O) groups is 2. The van der Waals surface area contributed by atoms with Crippen LogP contribution >= 0.6 is 0 Å². The van der Waals surface area contributed by atoms with E-state index in [1.54, 1.807) is 0 Å². The molecule has 8 saturated heterocycles. The van der Waals surface area contributed by atoms with Gasteiger partial charge in [0.2, 0.25) is 0 Å². The highest BCUT2D eigenvalue weighted by molar-refractivity contribution is 5.73. The molecule has 39 heteroatoms. The number of aliphatic hydroxyl groups is 19. The highest BCUT2D eigenvalue weighted by atomic mass is 16.8. The van der Waals surface area contributed by atoms with Crippen molar-refractivity contribution in [3.05, 3.63) is 0 Å². The SMILES string of the molecule is CCC[C@@H](CCCCCC(=O)O[C@H]1[C@H](O[C@H]2[C@H](O[C@H]3[C@@H](OC)O[C@H](C)[C@H](O)[C@@H]3O)O[C@H](CO)[C@@H](O)[C@@H]2O)O[C@@H](C)[C@H](O[C@@H]2O[C@H](C)[C@@H](OC(=O)[C@H](C)[C@@H](C)O)[C@H](O)[C@H]2O)[C@H]1O[C@@H]1O[C@H](CO)[C@@H](O)[C@H](O)[C@H]1O[C@@H]1O[C@H](C)[C@@H](O)[C@H](O[C@@H]2O[C@@H](C)[C@H](O)[C@@H](O)[C@H]2O)[C@H]1O)O[C@@H]1O[C@H](C)[C@@H](O)[C@H](O)[C@H]1O. The zero-order valence-electron chi connectivity index (χ0n) is 58.9. The Morgan fingerprint density at radius 2 is 0.748 bits per heavy atom. The Morgan fingerprint density at radius 1 is 0.359 bits per heavy atom. The molecule has 600 valence electrons. The Bertz CT molecular complexity index is 2570. The summed E-state index contributed by atoms with van der Waals surface area (Å²) in [5.41, 5.74) is 0. The summed E-state index contributed by atoms with van der Waals surface area (Å²) in [5, 5.41) is 211. The Labute approximate surface area is 593 Å². The largest absolute Gasteiger partial charge is 0.456 e. The fraction of sp³-hybridized carbons (Fsp3) is 0.969. The Kier molecular flexibility index (Phi) is 31.8. The molecule has 39 nitrogen and oxygen atoms in total. The Morgan fingerprint density at radius 3 is 1.27 bits per heavy atom. The molecule has 8 fully saturated rings. The van der Waals surface area contributed by atoms with Crippen LogP contribution in [0, 0.1) is 5.92 Å². The third-order valence-electron chi connectivity index (χ3n) is 20.3. The van der Waals surface area contributed by atoms with E-state index in [0.29, 0.717) is 25.7 Å². The molecular weight excluding hydrogens is 1390 g/mol. The Balaban J connectivity index is 1.17. The molecule has 8 aliphatic rings. The number of hydrogen-bond donors (Lipinski definition) is 19. The number of ether oxygens (including phenoxy) is 18. The van der Waals surface area contributed by atoms with Gasteiger partial charge in [0.25, 0.3) is 0 Å². The van der Waals surface area contributed by atoms with Crippen LogP contribution in [0.25, 0.3) is 0 Å². The first-order valence-corrected chi connectivity index (χ1v) is 35.1. The first-order chi connectivity index (χ1) is 48.6. The number of esters is 2. The monoisotopic (exact) mass is 1500 g/mol. The van der Waals surface area contributed by atoms with E-state index in [1.165, 1.54) is 62.5 Å². The summed E-state index contributed by atoms with van der Waals surface area (Å²) in [5.74, 6) is -3.19. The van der Waals surface area contributed by atoms with Crippen LogP contribution in [0.3, 0.4) is 0 Å². The summed E-state index contributed by atoms with van der Waals surface area (Å²) < 4.78 is 109. The summed E-state index contributed by atoms with van der Waals surface area (Å²) in [7, 11) is 1.18. The van der Waals surface area contributed by atoms with Crippen LogP contribution in [0.4, 0.5) is 0 Å². The standard InChI is InChI=1S/C64H110O39/c1-11-15-28(93-57-44(81)38(75)32(69)22(4)87-57)16-13-12-14-17-31(68)96-55-54(103-63-52(41(78)36(73)30(19-66)95-63)100-60-47(84)50(35(72)25(7)89-60)99-58-45(82)39(76)33(70)23(5)88-58)49(98-59-46(83)43(80)48(26(8)91-59)97-56(85)20(2)21(3)67)27(9)92-64(55)102-53-42(79)37(74)29(18-65)94-62(53)101-51-40(77)34(71)24(6)90-61(51)86-10/h20-30,32-55,57-67,69-84H,11-19H2,1-10H3/t20-,21-,22-,23+,24-,25-,26-,27+,28+,29-,30-,32-,33+,34+,35-,36-,37-,38+,39-,40+,41+,42+,43-,44-,45-,46-,47-,48-,49+,50+,51-,52-,53-,54-,55-,57+,58+,59+,60+,61+,62+,63+,64+/m1/s1. The maximum Gasteiger partial charge on any atom is 0.311 e. The fourth-order valence-corrected chi connectivity index (χ4v) is 13.5. The molecule has 19 N–H and O–H groups in total. The van der Waals surface area contributed by atoms with Gasteiger partial charge in [-0.3, -0.25) is 9.59 Å². The van der Waals surface area contributed by atoms with Crippen LogP contribution in [0.1, 0.15) is 107 Å². The average Bonchev–Trinajstić information content (AvgIpc) is 0.761. The predicted octanol–water partition coefficient (Wildman–Crippen LogP) is -8.40. The van der Waals surface area contributed by atoms with E-state index < -0.39 is 295 Å². The second-order valence-electron chi connectivity index (χ2n) is 27.9. The molecule has 0 aromatic rings. The van der Waals surface area contributed by atoms with E-state index in [2.05, 4.69) is 0 Å². The van der Waals surface area contributed by atoms with Gasteiger partial charge in [0.15, 0.2) is 62.5 Å². The number of unbranched alkanes of at least 4 members (excludes halogenated alkanes) is 2. The molecule has 43 atom stereocenters. The molecule has 0 saturated carbocycles. The molecule has 0 radical (unpaired) electrons. The van der Waals surface area contributed by atoms with E-state index >= 15 is 0 Å². The lowest BCUT2D eigenvalue weighted by Gasteiger charge is -2.52. The van der Waals surface area contributed by atoms with Crippen molar-refractivity contribution in [1.82, 2.24) is 0 Å². The molecule has 0 bridgehead atoms. The maximum atomic E-state index is 14.8. The van der Waals surface area contributed by atoms with Gasteiger partial charge in [-0.2, -0.15) is 0 Å². The van der Waals surface area contributed by atoms with Crippen LogP contribution in [-0.2, 0) is 94.9 Å². The molecule has 0 aliphatic carbocycles. The first-order valence-electron chi connectivity index (χ1n) is 35.1. The third kappa shape index (κ3) is 19.8. The summed E-state index contributed by atoms with van der Waals surface area (Å²) in [4.78, 5) is 28.0. The van der Waals surface area contributed by atoms with Gasteiger partial charge in [0.05, 0.1) is 68.0 Å². The van der Waals surface area contributed by atoms with Crippen LogP contribution in [0.2, 0.25) is 0 Å². The van der Waals surface area contributed by atoms with Crippen molar-refractivity contribution in [2.75, 3.05) is 20.3 Å². The van der Waals surface area contributed by atoms with Crippen LogP contribution in [0.5, 0.6) is 0 Å². The molecule has 8 heterocycles. The molecule has 8 rings (SSSR count).